The summed E-state index contributed by atoms with van der Waals surface area (Å²) in [7, 11) is 0. The van der Waals surface area contributed by atoms with Crippen LogP contribution in [0.1, 0.15) is 49.8 Å². The van der Waals surface area contributed by atoms with E-state index in [1.165, 1.54) is 101 Å². The first-order chi connectivity index (χ1) is 30.6. The molecule has 7 atom stereocenters. The summed E-state index contributed by atoms with van der Waals surface area (Å²) >= 11 is 1.29. The monoisotopic (exact) mass is 906 g/mol. The number of benzene rings is 3. The molecule has 1 unspecified atom stereocenters. The molecule has 0 saturated carbocycles. The lowest BCUT2D eigenvalue weighted by atomic mass is 9.79. The van der Waals surface area contributed by atoms with E-state index in [1.807, 2.05) is 6.92 Å². The number of aliphatic hydroxyl groups is 2. The van der Waals surface area contributed by atoms with Gasteiger partial charge in [0.05, 0.1) is 32.8 Å². The highest BCUT2D eigenvalue weighted by Gasteiger charge is 2.60. The number of nitro groups is 3. The number of fused-ring (bicyclic) bond motifs is 1. The lowest BCUT2D eigenvalue weighted by Gasteiger charge is -2.46. The number of nitrogens with zero attached hydrogens (tertiary/aromatic N) is 5. The summed E-state index contributed by atoms with van der Waals surface area (Å²) in [6, 6.07) is 15.4. The lowest BCUT2D eigenvalue weighted by Crippen LogP contribution is -2.63. The third-order valence-electron chi connectivity index (χ3n) is 11.5. The summed E-state index contributed by atoms with van der Waals surface area (Å²) < 4.78 is 16.7. The van der Waals surface area contributed by atoms with Crippen molar-refractivity contribution in [2.24, 2.45) is 17.8 Å². The zero-order chi connectivity index (χ0) is 46.2. The number of carbonyl (C=O) groups is 4. The lowest BCUT2D eigenvalue weighted by molar-refractivity contribution is -0.385. The number of hydrogen-bond donors (Lipinski definition) is 3. The predicted octanol–water partition coefficient (Wildman–Crippen LogP) is 5.35. The van der Waals surface area contributed by atoms with Gasteiger partial charge >= 0.3 is 18.2 Å². The van der Waals surface area contributed by atoms with Crippen molar-refractivity contribution in [3.8, 4) is 0 Å². The molecule has 0 aliphatic carbocycles. The number of aliphatic hydroxyl groups excluding tert-OH is 2. The second-order valence-electron chi connectivity index (χ2n) is 15.6. The summed E-state index contributed by atoms with van der Waals surface area (Å²) in [6.07, 6.45) is -1.66. The standard InChI is InChI=1S/C42H46N6O15S/c1-24-36-35(25(2)50)39(51)45(36)37(40(52)61-21-26-3-9-30(10-4-26)46(55)56)38(24)64-33-19-34(44(20-33)42(54)63-23-28-7-13-32(14-8-28)48(59)60)29(16-18-49)15-17-43-41(53)62-22-27-5-11-31(12-6-27)47(57)58/h3-14,24-25,29,33-36,49-50H,15-23H2,1-2H3,(H,43,53)/t24-,25-,29?,33+,34+,35-,36-/m1/s1. The number of carbonyl (C=O) groups excluding carboxylic acids is 4. The number of non-ortho nitro benzene ring substituents is 3. The molecular weight excluding hydrogens is 861 g/mol. The maximum atomic E-state index is 13.9. The molecular formula is C42H46N6O15S. The molecule has 340 valence electrons. The van der Waals surface area contributed by atoms with Gasteiger partial charge in [-0.3, -0.25) is 35.1 Å². The van der Waals surface area contributed by atoms with Crippen molar-refractivity contribution in [3.05, 3.63) is 130 Å². The van der Waals surface area contributed by atoms with Gasteiger partial charge in [0.15, 0.2) is 0 Å². The number of esters is 1. The molecule has 22 heteroatoms. The number of amides is 3. The molecule has 6 rings (SSSR count). The van der Waals surface area contributed by atoms with E-state index in [0.717, 1.165) is 0 Å². The van der Waals surface area contributed by atoms with Crippen molar-refractivity contribution < 1.29 is 58.4 Å². The number of rotatable bonds is 19. The number of nitrogens with one attached hydrogen (secondary N) is 1. The number of β-lactam (4-membered cyclic amide) rings is 1. The van der Waals surface area contributed by atoms with E-state index >= 15 is 0 Å². The second kappa shape index (κ2) is 20.7. The predicted molar refractivity (Wildman–Crippen MR) is 226 cm³/mol. The van der Waals surface area contributed by atoms with Gasteiger partial charge in [0, 0.05) is 78.2 Å². The zero-order valence-corrected chi connectivity index (χ0v) is 35.5. The Morgan fingerprint density at radius 1 is 0.812 bits per heavy atom. The molecule has 3 aliphatic rings. The fourth-order valence-electron chi connectivity index (χ4n) is 8.26. The van der Waals surface area contributed by atoms with Crippen molar-refractivity contribution >= 4 is 52.9 Å². The van der Waals surface area contributed by atoms with Crippen LogP contribution in [-0.4, -0.2) is 102 Å². The van der Waals surface area contributed by atoms with Crippen molar-refractivity contribution in [2.75, 3.05) is 19.7 Å². The molecule has 21 nitrogen and oxygen atoms in total. The zero-order valence-electron chi connectivity index (χ0n) is 34.7. The van der Waals surface area contributed by atoms with E-state index in [2.05, 4.69) is 5.32 Å². The average Bonchev–Trinajstić information content (AvgIpc) is 3.80. The van der Waals surface area contributed by atoms with E-state index in [0.29, 0.717) is 28.0 Å². The second-order valence-corrected chi connectivity index (χ2v) is 17.0. The van der Waals surface area contributed by atoms with E-state index in [1.54, 1.807) is 0 Å². The van der Waals surface area contributed by atoms with Crippen LogP contribution in [0, 0.1) is 48.1 Å². The fourth-order valence-corrected chi connectivity index (χ4v) is 9.79. The van der Waals surface area contributed by atoms with Crippen LogP contribution in [0.2, 0.25) is 0 Å². The van der Waals surface area contributed by atoms with E-state index in [-0.39, 0.29) is 75.1 Å². The molecule has 2 fully saturated rings. The van der Waals surface area contributed by atoms with Crippen molar-refractivity contribution in [3.63, 3.8) is 0 Å². The Labute approximate surface area is 369 Å². The van der Waals surface area contributed by atoms with Crippen LogP contribution < -0.4 is 5.32 Å². The molecule has 64 heavy (non-hydrogen) atoms. The molecule has 0 radical (unpaired) electrons. The Bertz CT molecular complexity index is 2280. The van der Waals surface area contributed by atoms with Crippen molar-refractivity contribution in [2.45, 2.75) is 76.4 Å². The van der Waals surface area contributed by atoms with Crippen molar-refractivity contribution in [1.82, 2.24) is 15.1 Å². The maximum absolute atomic E-state index is 13.9. The number of thioether (sulfide) groups is 1. The Hall–Kier alpha value is -6.65. The quantitative estimate of drug-likeness (QED) is 0.0449. The third-order valence-corrected chi connectivity index (χ3v) is 13.0. The number of nitro benzene ring substituents is 3. The van der Waals surface area contributed by atoms with Crippen LogP contribution >= 0.6 is 11.8 Å². The third kappa shape index (κ3) is 10.7. The Morgan fingerprint density at radius 3 is 1.80 bits per heavy atom. The minimum absolute atomic E-state index is 0.00501. The summed E-state index contributed by atoms with van der Waals surface area (Å²) in [6.45, 7) is 2.64. The summed E-state index contributed by atoms with van der Waals surface area (Å²) in [5.41, 5.74) is 1.10. The van der Waals surface area contributed by atoms with Gasteiger partial charge in [0.25, 0.3) is 17.1 Å². The van der Waals surface area contributed by atoms with E-state index in [9.17, 15) is 59.7 Å². The maximum Gasteiger partial charge on any atom is 0.410 e. The SMILES string of the molecule is C[C@@H](O)[C@H]1C(=O)N2C(C(=O)OCc3ccc([N+](=O)[O-])cc3)=C(S[C@H]3C[C@@H](C(CCO)CCNC(=O)OCc4ccc([N+](=O)[O-])cc4)N(C(=O)OCc4ccc([N+](=O)[O-])cc4)C3)[C@H](C)[C@H]12. The molecule has 0 aromatic heterocycles. The number of alkyl carbamates (subject to hydrolysis) is 1. The van der Waals surface area contributed by atoms with Gasteiger partial charge in [-0.2, -0.15) is 0 Å². The highest BCUT2D eigenvalue weighted by atomic mass is 32.2. The Morgan fingerprint density at radius 2 is 1.31 bits per heavy atom. The normalized spacial score (nSPS) is 21.1. The summed E-state index contributed by atoms with van der Waals surface area (Å²) in [5.74, 6) is -2.88. The molecule has 2 saturated heterocycles. The largest absolute Gasteiger partial charge is 0.456 e. The first-order valence-corrected chi connectivity index (χ1v) is 21.2. The topological polar surface area (TPSA) is 284 Å². The number of hydrogen-bond acceptors (Lipinski definition) is 16. The minimum Gasteiger partial charge on any atom is -0.456 e. The minimum atomic E-state index is -1.01. The van der Waals surface area contributed by atoms with Gasteiger partial charge in [-0.1, -0.05) is 6.92 Å². The van der Waals surface area contributed by atoms with Crippen LogP contribution in [0.25, 0.3) is 0 Å². The van der Waals surface area contributed by atoms with Crippen LogP contribution in [0.4, 0.5) is 26.7 Å². The van der Waals surface area contributed by atoms with E-state index < -0.39 is 80.0 Å². The highest BCUT2D eigenvalue weighted by Crippen LogP contribution is 2.53. The molecule has 3 heterocycles. The van der Waals surface area contributed by atoms with E-state index in [4.69, 9.17) is 14.2 Å². The average molecular weight is 907 g/mol. The first kappa shape index (κ1) is 46.8. The van der Waals surface area contributed by atoms with Crippen LogP contribution in [0.3, 0.4) is 0 Å². The Kier molecular flexibility index (Phi) is 15.1. The fraction of sp³-hybridized carbons (Fsp3) is 0.429. The summed E-state index contributed by atoms with van der Waals surface area (Å²) in [4.78, 5) is 88.9. The van der Waals surface area contributed by atoms with Gasteiger partial charge in [-0.15, -0.1) is 11.8 Å². The molecule has 3 aromatic rings. The smallest absolute Gasteiger partial charge is 0.410 e. The highest BCUT2D eigenvalue weighted by molar-refractivity contribution is 8.03. The molecule has 3 aromatic carbocycles. The number of likely N-dealkylation sites (tertiary alicyclic amines) is 1. The molecule has 3 N–H and O–H groups in total. The Balaban J connectivity index is 1.20. The van der Waals surface area contributed by atoms with Crippen molar-refractivity contribution in [1.29, 1.82) is 0 Å². The molecule has 3 aliphatic heterocycles. The van der Waals surface area contributed by atoms with Crippen LogP contribution in [0.5, 0.6) is 0 Å². The molecule has 0 bridgehead atoms. The first-order valence-electron chi connectivity index (χ1n) is 20.3. The van der Waals surface area contributed by atoms with Gasteiger partial charge in [0.1, 0.15) is 25.5 Å². The van der Waals surface area contributed by atoms with Gasteiger partial charge in [-0.25, -0.2) is 14.4 Å². The molecule has 3 amide bonds. The van der Waals surface area contributed by atoms with Crippen LogP contribution in [0.15, 0.2) is 83.4 Å². The van der Waals surface area contributed by atoms with Crippen LogP contribution in [-0.2, 0) is 43.6 Å². The number of ether oxygens (including phenoxy) is 3. The molecule has 0 spiro atoms. The summed E-state index contributed by atoms with van der Waals surface area (Å²) in [5, 5.41) is 56.2. The van der Waals surface area contributed by atoms with Gasteiger partial charge in [-0.05, 0) is 85.2 Å². The van der Waals surface area contributed by atoms with Gasteiger partial charge < -0.3 is 39.5 Å². The van der Waals surface area contributed by atoms with Gasteiger partial charge in [0.2, 0.25) is 5.91 Å².